The van der Waals surface area contributed by atoms with E-state index in [1.165, 1.54) is 11.0 Å². The fourth-order valence-electron chi connectivity index (χ4n) is 8.09. The third kappa shape index (κ3) is 8.12. The van der Waals surface area contributed by atoms with Crippen molar-refractivity contribution in [2.75, 3.05) is 0 Å². The van der Waals surface area contributed by atoms with Gasteiger partial charge in [-0.05, 0) is 76.8 Å². The Kier molecular flexibility index (Phi) is 10.9. The van der Waals surface area contributed by atoms with Crippen LogP contribution < -0.4 is 15.4 Å². The topological polar surface area (TPSA) is 173 Å². The summed E-state index contributed by atoms with van der Waals surface area (Å²) in [6.07, 6.45) is 8.97. The molecule has 3 unspecified atom stereocenters. The van der Waals surface area contributed by atoms with Crippen molar-refractivity contribution in [2.24, 2.45) is 11.1 Å². The Bertz CT molecular complexity index is 2020. The van der Waals surface area contributed by atoms with Gasteiger partial charge in [-0.1, -0.05) is 84.8 Å². The number of hydrogen-bond donors (Lipinski definition) is 3. The van der Waals surface area contributed by atoms with E-state index in [0.717, 1.165) is 41.5 Å². The lowest BCUT2D eigenvalue weighted by molar-refractivity contribution is -0.143. The Labute approximate surface area is 328 Å². The number of nitrogens with one attached hydrogen (secondary N) is 3. The quantitative estimate of drug-likeness (QED) is 0.195. The molecule has 0 aromatic heterocycles. The van der Waals surface area contributed by atoms with Crippen molar-refractivity contribution in [3.63, 3.8) is 0 Å². The minimum Gasteiger partial charge on any atom is -0.444 e. The molecular formula is C42H51N5O8S. The van der Waals surface area contributed by atoms with Crippen LogP contribution in [0.15, 0.2) is 78.5 Å². The van der Waals surface area contributed by atoms with Crippen LogP contribution >= 0.6 is 0 Å². The number of ether oxygens (including phenoxy) is 1. The summed E-state index contributed by atoms with van der Waals surface area (Å²) in [5.74, 6) is -2.49. The summed E-state index contributed by atoms with van der Waals surface area (Å²) < 4.78 is 33.4. The molecule has 13 nitrogen and oxygen atoms in total. The number of benzene rings is 2. The highest BCUT2D eigenvalue weighted by Gasteiger charge is 2.62. The SMILES string of the molecule is C=C[C@@H]1CC1(NC(=O)[C@@H]1C[C@@H](ON=C2c3ccccc3-c3ccccc32)C2C/C=C\CCCCCC(NC(=O)OC(C)(C)C)C(=O)N21)C(=O)NS(=O)(=O)C1CC1. The van der Waals surface area contributed by atoms with E-state index in [4.69, 9.17) is 14.7 Å². The summed E-state index contributed by atoms with van der Waals surface area (Å²) in [5, 5.41) is 9.73. The molecule has 5 aliphatic rings. The largest absolute Gasteiger partial charge is 0.444 e. The van der Waals surface area contributed by atoms with Gasteiger partial charge in [-0.15, -0.1) is 6.58 Å². The molecular weight excluding hydrogens is 735 g/mol. The summed E-state index contributed by atoms with van der Waals surface area (Å²) in [5.41, 5.74) is 2.09. The molecule has 3 fully saturated rings. The van der Waals surface area contributed by atoms with E-state index in [-0.39, 0.29) is 12.8 Å². The number of fused-ring (bicyclic) bond motifs is 4. The van der Waals surface area contributed by atoms with E-state index in [0.29, 0.717) is 37.8 Å². The highest BCUT2D eigenvalue weighted by molar-refractivity contribution is 7.91. The molecule has 0 bridgehead atoms. The van der Waals surface area contributed by atoms with Gasteiger partial charge in [0.25, 0.3) is 5.91 Å². The van der Waals surface area contributed by atoms with Crippen molar-refractivity contribution < 1.29 is 37.2 Å². The first-order valence-electron chi connectivity index (χ1n) is 19.6. The van der Waals surface area contributed by atoms with Gasteiger partial charge in [0.2, 0.25) is 21.8 Å². The van der Waals surface area contributed by atoms with Gasteiger partial charge < -0.3 is 25.1 Å². The minimum atomic E-state index is -3.91. The van der Waals surface area contributed by atoms with Gasteiger partial charge in [-0.25, -0.2) is 13.2 Å². The van der Waals surface area contributed by atoms with Crippen molar-refractivity contribution in [3.05, 3.63) is 84.5 Å². The fraction of sp³-hybridized carbons (Fsp3) is 0.500. The fourth-order valence-corrected chi connectivity index (χ4v) is 9.45. The first-order chi connectivity index (χ1) is 26.7. The zero-order valence-electron chi connectivity index (χ0n) is 32.2. The third-order valence-corrected chi connectivity index (χ3v) is 13.0. The third-order valence-electron chi connectivity index (χ3n) is 11.2. The maximum Gasteiger partial charge on any atom is 0.408 e. The van der Waals surface area contributed by atoms with E-state index in [9.17, 15) is 27.6 Å². The molecule has 3 N–H and O–H groups in total. The van der Waals surface area contributed by atoms with Crippen molar-refractivity contribution >= 4 is 39.5 Å². The average molecular weight is 786 g/mol. The highest BCUT2D eigenvalue weighted by Crippen LogP contribution is 2.46. The second-order valence-corrected chi connectivity index (χ2v) is 18.4. The first kappa shape index (κ1) is 39.3. The first-order valence-corrected chi connectivity index (χ1v) is 21.2. The number of oxime groups is 1. The Morgan fingerprint density at radius 3 is 2.21 bits per heavy atom. The summed E-state index contributed by atoms with van der Waals surface area (Å²) in [4.78, 5) is 64.2. The second-order valence-electron chi connectivity index (χ2n) is 16.5. The Morgan fingerprint density at radius 1 is 0.946 bits per heavy atom. The lowest BCUT2D eigenvalue weighted by atomic mass is 10.0. The molecule has 0 spiro atoms. The zero-order valence-corrected chi connectivity index (χ0v) is 33.0. The van der Waals surface area contributed by atoms with Gasteiger partial charge >= 0.3 is 6.09 Å². The van der Waals surface area contributed by atoms with Crippen LogP contribution in [0.5, 0.6) is 0 Å². The molecule has 2 aromatic carbocycles. The normalized spacial score (nSPS) is 27.9. The predicted octanol–water partition coefficient (Wildman–Crippen LogP) is 5.25. The molecule has 6 atom stereocenters. The number of nitrogens with zero attached hydrogens (tertiary/aromatic N) is 2. The molecule has 14 heteroatoms. The molecule has 1 saturated heterocycles. The molecule has 7 rings (SSSR count). The highest BCUT2D eigenvalue weighted by atomic mass is 32.2. The number of carbonyl (C=O) groups is 4. The van der Waals surface area contributed by atoms with Crippen molar-refractivity contribution in [1.82, 2.24) is 20.3 Å². The van der Waals surface area contributed by atoms with Crippen LogP contribution in [-0.4, -0.2) is 83.5 Å². The van der Waals surface area contributed by atoms with Crippen LogP contribution in [0.25, 0.3) is 11.1 Å². The molecule has 2 aromatic rings. The maximum absolute atomic E-state index is 14.9. The Balaban J connectivity index is 1.24. The molecule has 298 valence electrons. The van der Waals surface area contributed by atoms with Crippen molar-refractivity contribution in [3.8, 4) is 11.1 Å². The lowest BCUT2D eigenvalue weighted by Gasteiger charge is -2.34. The van der Waals surface area contributed by atoms with Crippen LogP contribution in [0.2, 0.25) is 0 Å². The van der Waals surface area contributed by atoms with Crippen LogP contribution in [0.1, 0.15) is 96.1 Å². The molecule has 2 aliphatic heterocycles. The lowest BCUT2D eigenvalue weighted by Crippen LogP contribution is -2.59. The average Bonchev–Trinajstić information content (AvgIpc) is 4.07. The number of amides is 4. The number of carbonyl (C=O) groups excluding carboxylic acids is 4. The van der Waals surface area contributed by atoms with Gasteiger partial charge in [-0.3, -0.25) is 19.1 Å². The van der Waals surface area contributed by atoms with Crippen LogP contribution in [0.4, 0.5) is 4.79 Å². The minimum absolute atomic E-state index is 0.0200. The van der Waals surface area contributed by atoms with Gasteiger partial charge in [-0.2, -0.15) is 0 Å². The monoisotopic (exact) mass is 785 g/mol. The van der Waals surface area contributed by atoms with Gasteiger partial charge in [0, 0.05) is 23.5 Å². The standard InChI is InChI=1S/C42H51N5O8S/c1-5-26-25-42(26,39(50)46-56(52,53)27-22-23-27)44-37(48)34-24-35(55-45-36-30-18-14-12-16-28(30)29-17-13-15-19-31(29)36)33-21-11-9-7-6-8-10-20-32(38(49)47(33)34)43-40(51)54-41(2,3)4/h5,9,11-19,26-27,32-35H,1,6-8,10,20-25H2,2-4H3,(H,43,51)(H,44,48)(H,46,50)/b11-9-/t26-,32?,33?,34+,35-,42?/m1/s1. The number of allylic oxidation sites excluding steroid dienone is 1. The maximum atomic E-state index is 14.9. The molecule has 0 radical (unpaired) electrons. The number of sulfonamides is 1. The zero-order chi connectivity index (χ0) is 39.8. The van der Waals surface area contributed by atoms with E-state index >= 15 is 0 Å². The summed E-state index contributed by atoms with van der Waals surface area (Å²) in [7, 11) is -3.91. The van der Waals surface area contributed by atoms with Crippen LogP contribution in [0, 0.1) is 5.92 Å². The molecule has 4 amide bonds. The van der Waals surface area contributed by atoms with Crippen molar-refractivity contribution in [2.45, 2.75) is 126 Å². The Hall–Kier alpha value is -4.98. The molecule has 56 heavy (non-hydrogen) atoms. The molecule has 3 aliphatic carbocycles. The number of rotatable bonds is 9. The van der Waals surface area contributed by atoms with Crippen LogP contribution in [-0.2, 0) is 34.0 Å². The summed E-state index contributed by atoms with van der Waals surface area (Å²) >= 11 is 0. The second kappa shape index (κ2) is 15.5. The number of hydrogen-bond acceptors (Lipinski definition) is 9. The van der Waals surface area contributed by atoms with E-state index in [2.05, 4.69) is 28.0 Å². The van der Waals surface area contributed by atoms with E-state index in [1.54, 1.807) is 20.8 Å². The van der Waals surface area contributed by atoms with Gasteiger partial charge in [0.05, 0.1) is 11.3 Å². The predicted molar refractivity (Wildman–Crippen MR) is 211 cm³/mol. The molecule has 2 saturated carbocycles. The van der Waals surface area contributed by atoms with Gasteiger partial charge in [0.1, 0.15) is 28.9 Å². The Morgan fingerprint density at radius 2 is 1.61 bits per heavy atom. The molecule has 2 heterocycles. The summed E-state index contributed by atoms with van der Waals surface area (Å²) in [6.45, 7) is 9.02. The van der Waals surface area contributed by atoms with Crippen LogP contribution in [0.3, 0.4) is 0 Å². The van der Waals surface area contributed by atoms with E-state index < -0.39 is 80.4 Å². The van der Waals surface area contributed by atoms with Gasteiger partial charge in [0.15, 0.2) is 6.10 Å². The van der Waals surface area contributed by atoms with Crippen molar-refractivity contribution in [1.29, 1.82) is 0 Å². The smallest absolute Gasteiger partial charge is 0.408 e. The summed E-state index contributed by atoms with van der Waals surface area (Å²) in [6, 6.07) is 12.9. The number of alkyl carbamates (subject to hydrolysis) is 1. The van der Waals surface area contributed by atoms with E-state index in [1.807, 2.05) is 54.6 Å².